The van der Waals surface area contributed by atoms with E-state index in [0.29, 0.717) is 5.69 Å². The van der Waals surface area contributed by atoms with E-state index in [0.717, 1.165) is 23.1 Å². The minimum absolute atomic E-state index is 0.00299. The highest BCUT2D eigenvalue weighted by Gasteiger charge is 2.20. The highest BCUT2D eigenvalue weighted by molar-refractivity contribution is 7.98. The fraction of sp³-hybridized carbons (Fsp3) is 0.167. The SMILES string of the molecule is COc1cc(/C=C/C(=O)Nc2ccccc2SC)c([N+](=O)[O-])cc1OC(F)F. The monoisotopic (exact) mass is 410 g/mol. The minimum Gasteiger partial charge on any atom is -0.493 e. The van der Waals surface area contributed by atoms with Gasteiger partial charge in [-0.25, -0.2) is 0 Å². The first-order valence-electron chi connectivity index (χ1n) is 7.79. The summed E-state index contributed by atoms with van der Waals surface area (Å²) in [7, 11) is 1.21. The lowest BCUT2D eigenvalue weighted by molar-refractivity contribution is -0.385. The van der Waals surface area contributed by atoms with E-state index in [1.165, 1.54) is 24.9 Å². The first-order valence-corrected chi connectivity index (χ1v) is 9.01. The molecule has 0 heterocycles. The Morgan fingerprint density at radius 2 is 2.00 bits per heavy atom. The first kappa shape index (κ1) is 21.2. The summed E-state index contributed by atoms with van der Waals surface area (Å²) in [6.45, 7) is -3.17. The average molecular weight is 410 g/mol. The summed E-state index contributed by atoms with van der Waals surface area (Å²) in [5.41, 5.74) is 0.0826. The Bertz CT molecular complexity index is 906. The van der Waals surface area contributed by atoms with Gasteiger partial charge in [-0.05, 0) is 30.5 Å². The van der Waals surface area contributed by atoms with Crippen LogP contribution in [0.4, 0.5) is 20.2 Å². The van der Waals surface area contributed by atoms with Gasteiger partial charge in [0.2, 0.25) is 5.91 Å². The molecule has 0 spiro atoms. The van der Waals surface area contributed by atoms with Crippen LogP contribution >= 0.6 is 11.8 Å². The van der Waals surface area contributed by atoms with Crippen molar-refractivity contribution < 1.29 is 28.0 Å². The third-order valence-electron chi connectivity index (χ3n) is 3.50. The van der Waals surface area contributed by atoms with Gasteiger partial charge in [0.05, 0.1) is 29.4 Å². The molecule has 2 rings (SSSR count). The summed E-state index contributed by atoms with van der Waals surface area (Å²) in [5.74, 6) is -1.11. The second kappa shape index (κ2) is 9.70. The van der Waals surface area contributed by atoms with Crippen molar-refractivity contribution in [3.63, 3.8) is 0 Å². The van der Waals surface area contributed by atoms with Crippen LogP contribution in [0.3, 0.4) is 0 Å². The van der Waals surface area contributed by atoms with Crippen molar-refractivity contribution in [3.8, 4) is 11.5 Å². The first-order chi connectivity index (χ1) is 13.3. The van der Waals surface area contributed by atoms with Crippen LogP contribution in [0.2, 0.25) is 0 Å². The minimum atomic E-state index is -3.17. The zero-order valence-electron chi connectivity index (χ0n) is 14.8. The van der Waals surface area contributed by atoms with Gasteiger partial charge in [0.15, 0.2) is 11.5 Å². The quantitative estimate of drug-likeness (QED) is 0.297. The molecule has 1 amide bonds. The lowest BCUT2D eigenvalue weighted by Gasteiger charge is -2.11. The van der Waals surface area contributed by atoms with Gasteiger partial charge in [0.1, 0.15) is 0 Å². The summed E-state index contributed by atoms with van der Waals surface area (Å²) in [6.07, 6.45) is 4.16. The summed E-state index contributed by atoms with van der Waals surface area (Å²) >= 11 is 1.45. The molecule has 0 radical (unpaired) electrons. The summed E-state index contributed by atoms with van der Waals surface area (Å²) in [4.78, 5) is 23.5. The van der Waals surface area contributed by atoms with Crippen LogP contribution < -0.4 is 14.8 Å². The molecule has 0 fully saturated rings. The van der Waals surface area contributed by atoms with E-state index >= 15 is 0 Å². The van der Waals surface area contributed by atoms with Gasteiger partial charge in [-0.2, -0.15) is 8.78 Å². The van der Waals surface area contributed by atoms with Crippen LogP contribution in [0.25, 0.3) is 6.08 Å². The van der Waals surface area contributed by atoms with E-state index in [4.69, 9.17) is 4.74 Å². The van der Waals surface area contributed by atoms with Crippen molar-refractivity contribution in [1.82, 2.24) is 0 Å². The van der Waals surface area contributed by atoms with Crippen LogP contribution in [0.5, 0.6) is 11.5 Å². The number of nitrogens with zero attached hydrogens (tertiary/aromatic N) is 1. The molecule has 1 N–H and O–H groups in total. The fourth-order valence-electron chi connectivity index (χ4n) is 2.29. The number of nitrogens with one attached hydrogen (secondary N) is 1. The number of anilines is 1. The van der Waals surface area contributed by atoms with Crippen molar-refractivity contribution in [2.24, 2.45) is 0 Å². The number of alkyl halides is 2. The van der Waals surface area contributed by atoms with Gasteiger partial charge >= 0.3 is 6.61 Å². The average Bonchev–Trinajstić information content (AvgIpc) is 2.66. The molecule has 0 bridgehead atoms. The predicted molar refractivity (Wildman–Crippen MR) is 102 cm³/mol. The number of methoxy groups -OCH3 is 1. The number of amides is 1. The zero-order chi connectivity index (χ0) is 20.7. The van der Waals surface area contributed by atoms with E-state index in [9.17, 15) is 23.7 Å². The van der Waals surface area contributed by atoms with E-state index in [-0.39, 0.29) is 11.3 Å². The molecule has 0 atom stereocenters. The molecule has 0 saturated heterocycles. The van der Waals surface area contributed by atoms with E-state index in [1.807, 2.05) is 18.4 Å². The maximum absolute atomic E-state index is 12.5. The maximum Gasteiger partial charge on any atom is 0.387 e. The van der Waals surface area contributed by atoms with Crippen LogP contribution in [-0.4, -0.2) is 30.8 Å². The molecule has 148 valence electrons. The third-order valence-corrected chi connectivity index (χ3v) is 4.30. The molecular formula is C18H16F2N2O5S. The highest BCUT2D eigenvalue weighted by Crippen LogP contribution is 2.36. The molecular weight excluding hydrogens is 394 g/mol. The van der Waals surface area contributed by atoms with Crippen molar-refractivity contribution in [2.75, 3.05) is 18.7 Å². The zero-order valence-corrected chi connectivity index (χ0v) is 15.7. The van der Waals surface area contributed by atoms with Gasteiger partial charge in [-0.15, -0.1) is 11.8 Å². The molecule has 0 aliphatic carbocycles. The van der Waals surface area contributed by atoms with E-state index in [1.54, 1.807) is 12.1 Å². The summed E-state index contributed by atoms with van der Waals surface area (Å²) < 4.78 is 34.1. The van der Waals surface area contributed by atoms with E-state index < -0.39 is 28.9 Å². The number of thioether (sulfide) groups is 1. The number of hydrogen-bond acceptors (Lipinski definition) is 6. The Balaban J connectivity index is 2.30. The number of halogens is 2. The number of ether oxygens (including phenoxy) is 2. The van der Waals surface area contributed by atoms with E-state index in [2.05, 4.69) is 10.1 Å². The molecule has 28 heavy (non-hydrogen) atoms. The Morgan fingerprint density at radius 1 is 1.29 bits per heavy atom. The second-order valence-electron chi connectivity index (χ2n) is 5.22. The number of nitro groups is 1. The van der Waals surface area contributed by atoms with Crippen molar-refractivity contribution in [3.05, 3.63) is 58.2 Å². The molecule has 0 aliphatic heterocycles. The number of benzene rings is 2. The van der Waals surface area contributed by atoms with Gasteiger partial charge in [-0.1, -0.05) is 12.1 Å². The largest absolute Gasteiger partial charge is 0.493 e. The second-order valence-corrected chi connectivity index (χ2v) is 6.07. The lowest BCUT2D eigenvalue weighted by atomic mass is 10.1. The Kier molecular flexibility index (Phi) is 7.33. The number of rotatable bonds is 8. The molecule has 0 saturated carbocycles. The number of carbonyl (C=O) groups excluding carboxylic acids is 1. The molecule has 2 aromatic carbocycles. The van der Waals surface area contributed by atoms with Gasteiger partial charge in [0, 0.05) is 11.0 Å². The van der Waals surface area contributed by atoms with Gasteiger partial charge in [-0.3, -0.25) is 14.9 Å². The topological polar surface area (TPSA) is 90.7 Å². The maximum atomic E-state index is 12.5. The third kappa shape index (κ3) is 5.43. The van der Waals surface area contributed by atoms with Gasteiger partial charge in [0.25, 0.3) is 5.69 Å². The fourth-order valence-corrected chi connectivity index (χ4v) is 2.85. The Morgan fingerprint density at radius 3 is 2.61 bits per heavy atom. The summed E-state index contributed by atoms with van der Waals surface area (Å²) in [6, 6.07) is 9.12. The highest BCUT2D eigenvalue weighted by atomic mass is 32.2. The predicted octanol–water partition coefficient (Wildman–Crippen LogP) is 4.58. The van der Waals surface area contributed by atoms with Crippen LogP contribution in [0.15, 0.2) is 47.4 Å². The van der Waals surface area contributed by atoms with Crippen molar-refractivity contribution >= 4 is 35.1 Å². The molecule has 7 nitrogen and oxygen atoms in total. The van der Waals surface area contributed by atoms with Crippen molar-refractivity contribution in [2.45, 2.75) is 11.5 Å². The molecule has 10 heteroatoms. The van der Waals surface area contributed by atoms with Gasteiger partial charge < -0.3 is 14.8 Å². The Hall–Kier alpha value is -3.14. The number of nitro benzene ring substituents is 1. The normalized spacial score (nSPS) is 10.9. The van der Waals surface area contributed by atoms with Crippen LogP contribution in [-0.2, 0) is 4.79 Å². The Labute approximate surface area is 163 Å². The number of para-hydroxylation sites is 1. The lowest BCUT2D eigenvalue weighted by Crippen LogP contribution is -2.08. The molecule has 2 aromatic rings. The van der Waals surface area contributed by atoms with Crippen LogP contribution in [0, 0.1) is 10.1 Å². The molecule has 0 aliphatic rings. The molecule has 0 unspecified atom stereocenters. The standard InChI is InChI=1S/C18H16F2N2O5S/c1-26-14-9-11(13(22(24)25)10-15(14)27-18(19)20)7-8-17(23)21-12-5-3-4-6-16(12)28-2/h3-10,18H,1-2H3,(H,21,23)/b8-7+. The molecule has 0 aromatic heterocycles. The summed E-state index contributed by atoms with van der Waals surface area (Å²) in [5, 5.41) is 13.9. The smallest absolute Gasteiger partial charge is 0.387 e. The van der Waals surface area contributed by atoms with Crippen LogP contribution in [0.1, 0.15) is 5.56 Å². The van der Waals surface area contributed by atoms with Crippen molar-refractivity contribution in [1.29, 1.82) is 0 Å². The number of hydrogen-bond donors (Lipinski definition) is 1. The number of carbonyl (C=O) groups is 1.